The Morgan fingerprint density at radius 1 is 1.45 bits per heavy atom. The molecule has 0 aliphatic carbocycles. The molecular weight excluding hydrogens is 259 g/mol. The Morgan fingerprint density at radius 3 is 2.90 bits per heavy atom. The van der Waals surface area contributed by atoms with Gasteiger partial charge in [0.05, 0.1) is 5.69 Å². The molecule has 0 radical (unpaired) electrons. The molecule has 0 N–H and O–H groups in total. The molecule has 0 spiro atoms. The van der Waals surface area contributed by atoms with Crippen molar-refractivity contribution in [3.63, 3.8) is 0 Å². The Morgan fingerprint density at radius 2 is 2.25 bits per heavy atom. The molecule has 0 amide bonds. The number of benzene rings is 1. The molecule has 2 rings (SSSR count). The lowest BCUT2D eigenvalue weighted by atomic mass is 10.2. The van der Waals surface area contributed by atoms with Crippen molar-refractivity contribution in [1.82, 2.24) is 9.78 Å². The van der Waals surface area contributed by atoms with Crippen LogP contribution in [0.25, 0.3) is 0 Å². The molecule has 20 heavy (non-hydrogen) atoms. The topological polar surface area (TPSA) is 44.1 Å². The zero-order valence-corrected chi connectivity index (χ0v) is 11.5. The number of ether oxygens (including phenoxy) is 1. The molecule has 0 aliphatic heterocycles. The molecule has 1 unspecified atom stereocenters. The van der Waals surface area contributed by atoms with Gasteiger partial charge in [-0.3, -0.25) is 9.48 Å². The second kappa shape index (κ2) is 6.32. The van der Waals surface area contributed by atoms with E-state index in [2.05, 4.69) is 18.9 Å². The van der Waals surface area contributed by atoms with Gasteiger partial charge in [-0.05, 0) is 37.6 Å². The van der Waals surface area contributed by atoms with Crippen LogP contribution in [0.3, 0.4) is 0 Å². The van der Waals surface area contributed by atoms with Crippen LogP contribution < -0.4 is 4.74 Å². The number of hydrogen-bond donors (Lipinski definition) is 0. The van der Waals surface area contributed by atoms with Gasteiger partial charge in [-0.25, -0.2) is 4.39 Å². The number of hydrogen-bond acceptors (Lipinski definition) is 3. The first-order chi connectivity index (χ1) is 9.63. The lowest BCUT2D eigenvalue weighted by Gasteiger charge is -2.08. The number of halogens is 1. The minimum Gasteiger partial charge on any atom is -0.484 e. The summed E-state index contributed by atoms with van der Waals surface area (Å²) in [6.45, 7) is 4.36. The Hall–Kier alpha value is -2.17. The van der Waals surface area contributed by atoms with E-state index in [-0.39, 0.29) is 17.9 Å². The maximum absolute atomic E-state index is 13.6. The first kappa shape index (κ1) is 14.2. The van der Waals surface area contributed by atoms with Crippen molar-refractivity contribution >= 4 is 6.29 Å². The highest BCUT2D eigenvalue weighted by Gasteiger charge is 2.08. The minimum absolute atomic E-state index is 0.119. The van der Waals surface area contributed by atoms with Gasteiger partial charge in [-0.15, -0.1) is 0 Å². The fourth-order valence-corrected chi connectivity index (χ4v) is 1.75. The second-order valence-corrected chi connectivity index (χ2v) is 4.64. The Balaban J connectivity index is 2.01. The van der Waals surface area contributed by atoms with E-state index >= 15 is 0 Å². The first-order valence-corrected chi connectivity index (χ1v) is 6.55. The number of aromatic nitrogens is 2. The van der Waals surface area contributed by atoms with Crippen molar-refractivity contribution < 1.29 is 13.9 Å². The molecule has 0 saturated heterocycles. The van der Waals surface area contributed by atoms with E-state index in [4.69, 9.17) is 4.74 Å². The predicted molar refractivity (Wildman–Crippen MR) is 73.3 cm³/mol. The average molecular weight is 276 g/mol. The largest absolute Gasteiger partial charge is 0.484 e. The minimum atomic E-state index is -0.545. The molecule has 1 aromatic carbocycles. The Bertz CT molecular complexity index is 595. The van der Waals surface area contributed by atoms with Crippen molar-refractivity contribution in [1.29, 1.82) is 0 Å². The maximum Gasteiger partial charge on any atom is 0.165 e. The predicted octanol–water partition coefficient (Wildman–Crippen LogP) is 3.38. The van der Waals surface area contributed by atoms with Crippen LogP contribution in [0.1, 0.15) is 42.4 Å². The van der Waals surface area contributed by atoms with Gasteiger partial charge in [-0.2, -0.15) is 5.10 Å². The van der Waals surface area contributed by atoms with Crippen LogP contribution in [0.5, 0.6) is 5.75 Å². The third kappa shape index (κ3) is 3.23. The summed E-state index contributed by atoms with van der Waals surface area (Å²) in [5, 5.41) is 4.37. The summed E-state index contributed by atoms with van der Waals surface area (Å²) < 4.78 is 20.9. The zero-order chi connectivity index (χ0) is 14.5. The smallest absolute Gasteiger partial charge is 0.165 e. The third-order valence-corrected chi connectivity index (χ3v) is 3.17. The van der Waals surface area contributed by atoms with Gasteiger partial charge < -0.3 is 4.74 Å². The molecule has 1 atom stereocenters. The van der Waals surface area contributed by atoms with Gasteiger partial charge in [0.15, 0.2) is 11.6 Å². The van der Waals surface area contributed by atoms with Gasteiger partial charge in [0.2, 0.25) is 0 Å². The van der Waals surface area contributed by atoms with Crippen molar-refractivity contribution in [3.8, 4) is 5.75 Å². The van der Waals surface area contributed by atoms with E-state index in [9.17, 15) is 9.18 Å². The van der Waals surface area contributed by atoms with Crippen LogP contribution >= 0.6 is 0 Å². The lowest BCUT2D eigenvalue weighted by Crippen LogP contribution is -2.06. The standard InChI is InChI=1S/C15H17FN2O2/c1-3-11(2)18-7-6-13(17-18)10-20-15-5-4-12(9-19)8-14(15)16/h4-9,11H,3,10H2,1-2H3. The number of carbonyl (C=O) groups excluding carboxylic acids is 1. The molecule has 4 nitrogen and oxygen atoms in total. The number of aldehydes is 1. The fraction of sp³-hybridized carbons (Fsp3) is 0.333. The maximum atomic E-state index is 13.6. The number of rotatable bonds is 6. The molecule has 1 aromatic heterocycles. The van der Waals surface area contributed by atoms with Crippen LogP contribution in [-0.2, 0) is 6.61 Å². The first-order valence-electron chi connectivity index (χ1n) is 6.55. The third-order valence-electron chi connectivity index (χ3n) is 3.17. The molecule has 106 valence electrons. The van der Waals surface area contributed by atoms with E-state index in [0.717, 1.165) is 18.2 Å². The second-order valence-electron chi connectivity index (χ2n) is 4.64. The highest BCUT2D eigenvalue weighted by atomic mass is 19.1. The van der Waals surface area contributed by atoms with E-state index in [1.54, 1.807) is 0 Å². The molecule has 1 heterocycles. The van der Waals surface area contributed by atoms with E-state index in [1.165, 1.54) is 12.1 Å². The SMILES string of the molecule is CCC(C)n1ccc(COc2ccc(C=O)cc2F)n1. The summed E-state index contributed by atoms with van der Waals surface area (Å²) >= 11 is 0. The lowest BCUT2D eigenvalue weighted by molar-refractivity contribution is 0.112. The normalized spacial score (nSPS) is 12.2. The van der Waals surface area contributed by atoms with Crippen LogP contribution in [0.2, 0.25) is 0 Å². The van der Waals surface area contributed by atoms with Crippen LogP contribution in [0.15, 0.2) is 30.5 Å². The molecular formula is C15H17FN2O2. The quantitative estimate of drug-likeness (QED) is 0.760. The monoisotopic (exact) mass is 276 g/mol. The van der Waals surface area contributed by atoms with Gasteiger partial charge >= 0.3 is 0 Å². The molecule has 0 saturated carbocycles. The number of carbonyl (C=O) groups is 1. The molecule has 0 aliphatic rings. The summed E-state index contributed by atoms with van der Waals surface area (Å²) in [6.07, 6.45) is 3.48. The molecule has 0 fully saturated rings. The van der Waals surface area contributed by atoms with Crippen LogP contribution in [-0.4, -0.2) is 16.1 Å². The van der Waals surface area contributed by atoms with Gasteiger partial charge in [0.1, 0.15) is 12.9 Å². The summed E-state index contributed by atoms with van der Waals surface area (Å²) in [6, 6.07) is 6.30. The van der Waals surface area contributed by atoms with E-state index in [1.807, 2.05) is 16.9 Å². The Labute approximate surface area is 117 Å². The summed E-state index contributed by atoms with van der Waals surface area (Å²) in [7, 11) is 0. The van der Waals surface area contributed by atoms with Gasteiger partial charge in [0.25, 0.3) is 0 Å². The van der Waals surface area contributed by atoms with E-state index < -0.39 is 5.82 Å². The van der Waals surface area contributed by atoms with Crippen molar-refractivity contribution in [2.45, 2.75) is 32.9 Å². The average Bonchev–Trinajstić information content (AvgIpc) is 2.94. The van der Waals surface area contributed by atoms with E-state index in [0.29, 0.717) is 12.3 Å². The van der Waals surface area contributed by atoms with Crippen molar-refractivity contribution in [3.05, 3.63) is 47.5 Å². The molecule has 5 heteroatoms. The molecule has 2 aromatic rings. The highest BCUT2D eigenvalue weighted by Crippen LogP contribution is 2.19. The fourth-order valence-electron chi connectivity index (χ4n) is 1.75. The highest BCUT2D eigenvalue weighted by molar-refractivity contribution is 5.74. The summed E-state index contributed by atoms with van der Waals surface area (Å²) in [5.74, 6) is -0.426. The van der Waals surface area contributed by atoms with Crippen molar-refractivity contribution in [2.75, 3.05) is 0 Å². The zero-order valence-electron chi connectivity index (χ0n) is 11.5. The summed E-state index contributed by atoms with van der Waals surface area (Å²) in [4.78, 5) is 10.5. The van der Waals surface area contributed by atoms with Crippen LogP contribution in [0.4, 0.5) is 4.39 Å². The van der Waals surface area contributed by atoms with Crippen LogP contribution in [0, 0.1) is 5.82 Å². The summed E-state index contributed by atoms with van der Waals surface area (Å²) in [5.41, 5.74) is 1.03. The Kier molecular flexibility index (Phi) is 4.50. The van der Waals surface area contributed by atoms with Gasteiger partial charge in [0, 0.05) is 17.8 Å². The number of nitrogens with zero attached hydrogens (tertiary/aromatic N) is 2. The molecule has 0 bridgehead atoms. The van der Waals surface area contributed by atoms with Gasteiger partial charge in [-0.1, -0.05) is 6.92 Å². The van der Waals surface area contributed by atoms with Crippen molar-refractivity contribution in [2.24, 2.45) is 0 Å².